The van der Waals surface area contributed by atoms with Crippen LogP contribution in [0.2, 0.25) is 0 Å². The molecule has 4 heteroatoms. The third-order valence-electron chi connectivity index (χ3n) is 2.85. The summed E-state index contributed by atoms with van der Waals surface area (Å²) in [6.07, 6.45) is 2.77. The van der Waals surface area contributed by atoms with Crippen LogP contribution in [0.25, 0.3) is 0 Å². The molecule has 0 aromatic carbocycles. The number of methoxy groups -OCH3 is 1. The van der Waals surface area contributed by atoms with E-state index in [-0.39, 0.29) is 0 Å². The molecule has 0 aromatic rings. The average Bonchev–Trinajstić information content (AvgIpc) is 2.67. The minimum Gasteiger partial charge on any atom is -0.383 e. The zero-order valence-electron chi connectivity index (χ0n) is 9.91. The van der Waals surface area contributed by atoms with E-state index in [0.29, 0.717) is 4.83 Å². The summed E-state index contributed by atoms with van der Waals surface area (Å²) in [5.74, 6) is 0. The fourth-order valence-corrected chi connectivity index (χ4v) is 2.74. The Morgan fingerprint density at radius 2 is 2.07 bits per heavy atom. The van der Waals surface area contributed by atoms with E-state index in [4.69, 9.17) is 4.74 Å². The fourth-order valence-electron chi connectivity index (χ4n) is 1.98. The van der Waals surface area contributed by atoms with E-state index < -0.39 is 0 Å². The first kappa shape index (κ1) is 13.4. The van der Waals surface area contributed by atoms with Gasteiger partial charge in [-0.2, -0.15) is 0 Å². The van der Waals surface area contributed by atoms with Crippen molar-refractivity contribution in [2.75, 3.05) is 53.5 Å². The van der Waals surface area contributed by atoms with Crippen LogP contribution >= 0.6 is 15.9 Å². The van der Waals surface area contributed by atoms with Crippen molar-refractivity contribution in [2.24, 2.45) is 0 Å². The highest BCUT2D eigenvalue weighted by atomic mass is 79.9. The molecule has 0 saturated carbocycles. The van der Waals surface area contributed by atoms with E-state index in [2.05, 4.69) is 32.8 Å². The number of hydrogen-bond acceptors (Lipinski definition) is 3. The summed E-state index contributed by atoms with van der Waals surface area (Å²) in [4.78, 5) is 5.37. The van der Waals surface area contributed by atoms with Gasteiger partial charge >= 0.3 is 0 Å². The molecule has 0 spiro atoms. The van der Waals surface area contributed by atoms with Crippen molar-refractivity contribution in [3.63, 3.8) is 0 Å². The van der Waals surface area contributed by atoms with Gasteiger partial charge in [-0.25, -0.2) is 0 Å². The minimum atomic E-state index is 0.450. The van der Waals surface area contributed by atoms with Gasteiger partial charge in [0.2, 0.25) is 0 Å². The number of hydrogen-bond donors (Lipinski definition) is 0. The Morgan fingerprint density at radius 3 is 2.67 bits per heavy atom. The Labute approximate surface area is 102 Å². The summed E-state index contributed by atoms with van der Waals surface area (Å²) in [5.41, 5.74) is 0. The van der Waals surface area contributed by atoms with Crippen LogP contribution in [0.5, 0.6) is 0 Å². The van der Waals surface area contributed by atoms with Crippen molar-refractivity contribution in [2.45, 2.75) is 17.7 Å². The number of ether oxygens (including phenoxy) is 1. The number of rotatable bonds is 7. The molecule has 0 N–H and O–H groups in total. The van der Waals surface area contributed by atoms with E-state index in [1.165, 1.54) is 32.5 Å². The number of nitrogens with zero attached hydrogens (tertiary/aromatic N) is 2. The quantitative estimate of drug-likeness (QED) is 0.656. The van der Waals surface area contributed by atoms with E-state index in [1.807, 2.05) is 0 Å². The SMILES string of the molecule is COCC(Br)CN(C)CCN1CCCC1. The molecule has 1 atom stereocenters. The Balaban J connectivity index is 2.04. The van der Waals surface area contributed by atoms with Gasteiger partial charge in [-0.1, -0.05) is 15.9 Å². The lowest BCUT2D eigenvalue weighted by atomic mass is 10.4. The lowest BCUT2D eigenvalue weighted by molar-refractivity contribution is 0.181. The Morgan fingerprint density at radius 1 is 1.40 bits per heavy atom. The molecule has 0 aliphatic carbocycles. The smallest absolute Gasteiger partial charge is 0.0600 e. The predicted molar refractivity (Wildman–Crippen MR) is 67.8 cm³/mol. The molecule has 15 heavy (non-hydrogen) atoms. The van der Waals surface area contributed by atoms with Crippen molar-refractivity contribution in [1.82, 2.24) is 9.80 Å². The van der Waals surface area contributed by atoms with Crippen LogP contribution in [0.4, 0.5) is 0 Å². The molecule has 1 aliphatic heterocycles. The molecule has 3 nitrogen and oxygen atoms in total. The second-order valence-electron chi connectivity index (χ2n) is 4.36. The standard InChI is InChI=1S/C11H23BrN2O/c1-13(9-11(12)10-15-2)7-8-14-5-3-4-6-14/h11H,3-10H2,1-2H3. The number of likely N-dealkylation sites (N-methyl/N-ethyl adjacent to an activating group) is 1. The second-order valence-corrected chi connectivity index (χ2v) is 5.66. The van der Waals surface area contributed by atoms with Gasteiger partial charge in [-0.3, -0.25) is 0 Å². The van der Waals surface area contributed by atoms with Crippen LogP contribution < -0.4 is 0 Å². The van der Waals surface area contributed by atoms with Crippen molar-refractivity contribution < 1.29 is 4.74 Å². The lowest BCUT2D eigenvalue weighted by Gasteiger charge is -2.23. The van der Waals surface area contributed by atoms with Crippen molar-refractivity contribution >= 4 is 15.9 Å². The van der Waals surface area contributed by atoms with Gasteiger partial charge in [0.25, 0.3) is 0 Å². The largest absolute Gasteiger partial charge is 0.383 e. The van der Waals surface area contributed by atoms with Gasteiger partial charge in [-0.05, 0) is 33.0 Å². The highest BCUT2D eigenvalue weighted by Gasteiger charge is 2.13. The topological polar surface area (TPSA) is 15.7 Å². The first-order valence-corrected chi connectivity index (χ1v) is 6.68. The van der Waals surface area contributed by atoms with Crippen LogP contribution in [-0.4, -0.2) is 68.1 Å². The fraction of sp³-hybridized carbons (Fsp3) is 1.00. The first-order valence-electron chi connectivity index (χ1n) is 5.76. The molecule has 0 radical (unpaired) electrons. The summed E-state index contributed by atoms with van der Waals surface area (Å²) < 4.78 is 5.10. The zero-order valence-corrected chi connectivity index (χ0v) is 11.5. The molecule has 0 amide bonds. The van der Waals surface area contributed by atoms with Gasteiger partial charge in [0.1, 0.15) is 0 Å². The maximum absolute atomic E-state index is 5.10. The van der Waals surface area contributed by atoms with Gasteiger partial charge in [-0.15, -0.1) is 0 Å². The normalized spacial score (nSPS) is 20.0. The molecule has 1 unspecified atom stereocenters. The predicted octanol–water partition coefficient (Wildman–Crippen LogP) is 1.42. The molecule has 0 bridgehead atoms. The summed E-state index contributed by atoms with van der Waals surface area (Å²) in [6.45, 7) is 6.80. The summed E-state index contributed by atoms with van der Waals surface area (Å²) in [6, 6.07) is 0. The summed E-state index contributed by atoms with van der Waals surface area (Å²) in [5, 5.41) is 0. The zero-order chi connectivity index (χ0) is 11.1. The average molecular weight is 279 g/mol. The third-order valence-corrected chi connectivity index (χ3v) is 3.41. The van der Waals surface area contributed by atoms with E-state index in [0.717, 1.165) is 19.7 Å². The van der Waals surface area contributed by atoms with Crippen LogP contribution in [0.1, 0.15) is 12.8 Å². The van der Waals surface area contributed by atoms with E-state index >= 15 is 0 Å². The third kappa shape index (κ3) is 5.85. The Bertz CT molecular complexity index is 163. The first-order chi connectivity index (χ1) is 7.22. The molecule has 1 saturated heterocycles. The number of likely N-dealkylation sites (tertiary alicyclic amines) is 1. The van der Waals surface area contributed by atoms with Gasteiger partial charge in [0.05, 0.1) is 11.4 Å². The van der Waals surface area contributed by atoms with Gasteiger partial charge in [0, 0.05) is 26.7 Å². The van der Waals surface area contributed by atoms with Crippen LogP contribution in [0, 0.1) is 0 Å². The summed E-state index contributed by atoms with van der Waals surface area (Å²) in [7, 11) is 3.93. The van der Waals surface area contributed by atoms with Gasteiger partial charge < -0.3 is 14.5 Å². The second kappa shape index (κ2) is 7.60. The monoisotopic (exact) mass is 278 g/mol. The molecule has 1 aliphatic rings. The minimum absolute atomic E-state index is 0.450. The molecule has 0 aromatic heterocycles. The van der Waals surface area contributed by atoms with E-state index in [9.17, 15) is 0 Å². The number of alkyl halides is 1. The van der Waals surface area contributed by atoms with Crippen molar-refractivity contribution in [3.8, 4) is 0 Å². The lowest BCUT2D eigenvalue weighted by Crippen LogP contribution is -2.35. The van der Waals surface area contributed by atoms with Crippen LogP contribution in [-0.2, 0) is 4.74 Å². The molecular formula is C11H23BrN2O. The molecule has 90 valence electrons. The Hall–Kier alpha value is 0.360. The van der Waals surface area contributed by atoms with E-state index in [1.54, 1.807) is 7.11 Å². The Kier molecular flexibility index (Phi) is 6.81. The highest BCUT2D eigenvalue weighted by Crippen LogP contribution is 2.07. The van der Waals surface area contributed by atoms with Crippen LogP contribution in [0.15, 0.2) is 0 Å². The highest BCUT2D eigenvalue weighted by molar-refractivity contribution is 9.09. The molecule has 1 heterocycles. The van der Waals surface area contributed by atoms with Crippen molar-refractivity contribution in [3.05, 3.63) is 0 Å². The van der Waals surface area contributed by atoms with Crippen LogP contribution in [0.3, 0.4) is 0 Å². The molecule has 1 fully saturated rings. The number of halogens is 1. The van der Waals surface area contributed by atoms with Crippen molar-refractivity contribution in [1.29, 1.82) is 0 Å². The maximum Gasteiger partial charge on any atom is 0.0600 e. The summed E-state index contributed by atoms with van der Waals surface area (Å²) >= 11 is 3.61. The van der Waals surface area contributed by atoms with Gasteiger partial charge in [0.15, 0.2) is 0 Å². The molecular weight excluding hydrogens is 256 g/mol. The maximum atomic E-state index is 5.10. The molecule has 1 rings (SSSR count).